The molecule has 0 radical (unpaired) electrons. The Balaban J connectivity index is 0. The van der Waals surface area contributed by atoms with E-state index in [0.29, 0.717) is 0 Å². The lowest BCUT2D eigenvalue weighted by Crippen LogP contribution is -2.59. The van der Waals surface area contributed by atoms with Crippen molar-refractivity contribution in [3.8, 4) is 0 Å². The third kappa shape index (κ3) is 13.5. The van der Waals surface area contributed by atoms with Crippen molar-refractivity contribution in [1.29, 1.82) is 0 Å². The van der Waals surface area contributed by atoms with Gasteiger partial charge in [0.25, 0.3) is 0 Å². The first kappa shape index (κ1) is 36.4. The van der Waals surface area contributed by atoms with Gasteiger partial charge in [-0.3, -0.25) is 9.13 Å². The first-order valence-corrected chi connectivity index (χ1v) is 18.4. The van der Waals surface area contributed by atoms with Gasteiger partial charge in [0, 0.05) is 38.5 Å². The lowest BCUT2D eigenvalue weighted by molar-refractivity contribution is 0.118. The van der Waals surface area contributed by atoms with Gasteiger partial charge in [-0.25, -0.2) is 0 Å². The van der Waals surface area contributed by atoms with E-state index in [1.54, 1.807) is 0 Å². The van der Waals surface area contributed by atoms with Crippen LogP contribution in [0.1, 0.15) is 108 Å². The van der Waals surface area contributed by atoms with Gasteiger partial charge < -0.3 is 17.7 Å². The Kier molecular flexibility index (Phi) is 25.2. The zero-order valence-electron chi connectivity index (χ0n) is 24.8. The lowest BCUT2D eigenvalue weighted by Gasteiger charge is -2.39. The van der Waals surface area contributed by atoms with E-state index in [2.05, 4.69) is 78.4 Å². The van der Waals surface area contributed by atoms with Gasteiger partial charge in [-0.2, -0.15) is 0 Å². The Morgan fingerprint density at radius 1 is 0.441 bits per heavy atom. The van der Waals surface area contributed by atoms with Crippen LogP contribution in [-0.4, -0.2) is 79.2 Å². The van der Waals surface area contributed by atoms with Crippen LogP contribution in [-0.2, 0) is 17.7 Å². The van der Waals surface area contributed by atoms with Crippen molar-refractivity contribution in [3.63, 3.8) is 0 Å². The number of hydrogen-bond donors (Lipinski definition) is 0. The van der Waals surface area contributed by atoms with Crippen molar-refractivity contribution >= 4 is 17.4 Å². The highest BCUT2D eigenvalue weighted by Gasteiger charge is 2.43. The van der Waals surface area contributed by atoms with E-state index >= 15 is 0 Å². The van der Waals surface area contributed by atoms with E-state index in [4.69, 9.17) is 17.7 Å². The minimum Gasteiger partial charge on any atom is -0.383 e. The predicted octanol–water partition coefficient (Wildman–Crippen LogP) is 7.06. The molecule has 0 aromatic carbocycles. The fraction of sp³-hybridized carbons (Fsp3) is 1.00. The Hall–Kier alpha value is 0.194. The topological polar surface area (TPSA) is 43.4 Å². The zero-order valence-corrected chi connectivity index (χ0v) is 26.8. The summed E-state index contributed by atoms with van der Waals surface area (Å²) >= 11 is 0. The summed E-state index contributed by atoms with van der Waals surface area (Å²) in [5.41, 5.74) is 0. The molecule has 0 aliphatic carbocycles. The van der Waals surface area contributed by atoms with Gasteiger partial charge in [-0.1, -0.05) is 67.2 Å². The molecule has 0 saturated carbocycles. The monoisotopic (exact) mass is 522 g/mol. The maximum absolute atomic E-state index is 6.18. The molecule has 0 heterocycles. The van der Waals surface area contributed by atoms with Crippen molar-refractivity contribution < 1.29 is 17.7 Å². The van der Waals surface area contributed by atoms with Crippen LogP contribution in [0.15, 0.2) is 0 Å². The highest BCUT2D eigenvalue weighted by molar-refractivity contribution is 6.65. The van der Waals surface area contributed by atoms with Gasteiger partial charge in [0.15, 0.2) is 0 Å². The minimum atomic E-state index is -2.15. The van der Waals surface area contributed by atoms with Crippen molar-refractivity contribution in [3.05, 3.63) is 0 Å². The molecule has 0 bridgehead atoms. The average Bonchev–Trinajstić information content (AvgIpc) is 2.83. The molecule has 0 amide bonds. The van der Waals surface area contributed by atoms with Gasteiger partial charge in [-0.05, 0) is 66.7 Å². The highest BCUT2D eigenvalue weighted by Crippen LogP contribution is 2.23. The van der Waals surface area contributed by atoms with Crippen LogP contribution >= 0.6 is 0 Å². The Bertz CT molecular complexity index is 412. The first-order chi connectivity index (χ1) is 16.4. The summed E-state index contributed by atoms with van der Waals surface area (Å²) in [4.78, 5) is 0. The molecule has 0 saturated heterocycles. The van der Waals surface area contributed by atoms with E-state index < -0.39 is 17.4 Å². The maximum atomic E-state index is 6.18. The predicted molar refractivity (Wildman–Crippen MR) is 153 cm³/mol. The van der Waals surface area contributed by atoms with Crippen molar-refractivity contribution in [2.75, 3.05) is 52.6 Å². The molecule has 0 N–H and O–H groups in total. The van der Waals surface area contributed by atoms with E-state index in [-0.39, 0.29) is 0 Å². The standard InChI is InChI=1S/C14H33NO2Si.C12H29NO2Si/c1-6-11-14-18(16-9-4,17-10-5)15(12-7-2)13-8-3;1-6-11-12-16(14-9-4,15-10-5)13(7-2)8-3/h6-14H2,1-5H3;6-12H2,1-5H3. The molecule has 208 valence electrons. The average molecular weight is 523 g/mol. The van der Waals surface area contributed by atoms with E-state index in [0.717, 1.165) is 64.7 Å². The van der Waals surface area contributed by atoms with Crippen LogP contribution in [0.5, 0.6) is 0 Å². The summed E-state index contributed by atoms with van der Waals surface area (Å²) in [5.74, 6) is 0. The Labute approximate surface area is 216 Å². The van der Waals surface area contributed by atoms with Crippen LogP contribution < -0.4 is 0 Å². The molecule has 0 fully saturated rings. The summed E-state index contributed by atoms with van der Waals surface area (Å²) < 4.78 is 29.4. The second kappa shape index (κ2) is 23.6. The third-order valence-corrected chi connectivity index (χ3v) is 13.8. The first-order valence-electron chi connectivity index (χ1n) is 14.5. The largest absolute Gasteiger partial charge is 0.427 e. The molecule has 0 aliphatic heterocycles. The number of nitrogens with zero attached hydrogens (tertiary/aromatic N) is 2. The lowest BCUT2D eigenvalue weighted by atomic mass is 10.4. The van der Waals surface area contributed by atoms with Gasteiger partial charge in [0.1, 0.15) is 0 Å². The van der Waals surface area contributed by atoms with Crippen LogP contribution in [0, 0.1) is 0 Å². The van der Waals surface area contributed by atoms with Crippen molar-refractivity contribution in [2.45, 2.75) is 120 Å². The summed E-state index contributed by atoms with van der Waals surface area (Å²) in [7, 11) is -4.27. The summed E-state index contributed by atoms with van der Waals surface area (Å²) in [6.45, 7) is 28.9. The third-order valence-electron chi connectivity index (χ3n) is 5.89. The Morgan fingerprint density at radius 3 is 1.00 bits per heavy atom. The molecule has 0 aromatic rings. The van der Waals surface area contributed by atoms with Crippen LogP contribution in [0.3, 0.4) is 0 Å². The molecule has 0 spiro atoms. The number of hydrogen-bond acceptors (Lipinski definition) is 6. The molecule has 0 aromatic heterocycles. The van der Waals surface area contributed by atoms with Crippen LogP contribution in [0.25, 0.3) is 0 Å². The molecule has 6 nitrogen and oxygen atoms in total. The van der Waals surface area contributed by atoms with Gasteiger partial charge in [0.05, 0.1) is 0 Å². The second-order valence-corrected chi connectivity index (χ2v) is 14.8. The van der Waals surface area contributed by atoms with Gasteiger partial charge in [-0.15, -0.1) is 0 Å². The van der Waals surface area contributed by atoms with Crippen LogP contribution in [0.4, 0.5) is 0 Å². The smallest absolute Gasteiger partial charge is 0.383 e. The highest BCUT2D eigenvalue weighted by atomic mass is 28.4. The van der Waals surface area contributed by atoms with Crippen molar-refractivity contribution in [2.24, 2.45) is 0 Å². The number of unbranched alkanes of at least 4 members (excludes halogenated alkanes) is 2. The van der Waals surface area contributed by atoms with Crippen molar-refractivity contribution in [1.82, 2.24) is 9.13 Å². The zero-order chi connectivity index (χ0) is 26.3. The van der Waals surface area contributed by atoms with Crippen LogP contribution in [0.2, 0.25) is 12.1 Å². The molecular weight excluding hydrogens is 460 g/mol. The summed E-state index contributed by atoms with van der Waals surface area (Å²) in [5, 5.41) is 0. The molecule has 0 aliphatic rings. The van der Waals surface area contributed by atoms with E-state index in [9.17, 15) is 0 Å². The minimum absolute atomic E-state index is 0.756. The molecule has 0 atom stereocenters. The second-order valence-electron chi connectivity index (χ2n) is 8.52. The Morgan fingerprint density at radius 2 is 0.765 bits per heavy atom. The summed E-state index contributed by atoms with van der Waals surface area (Å²) in [6, 6.07) is 2.19. The summed E-state index contributed by atoms with van der Waals surface area (Å²) in [6.07, 6.45) is 7.15. The molecule has 8 heteroatoms. The molecule has 34 heavy (non-hydrogen) atoms. The SMILES string of the molecule is CCCC[Si](OCC)(OCC)N(CC)CC.CCCC[Si](OCC)(OCC)N(CCC)CCC. The molecule has 0 rings (SSSR count). The maximum Gasteiger partial charge on any atom is 0.427 e. The normalized spacial score (nSPS) is 12.4. The molecular formula is C26H62N2O4Si2. The molecule has 0 unspecified atom stereocenters. The van der Waals surface area contributed by atoms with Gasteiger partial charge in [0.2, 0.25) is 0 Å². The number of rotatable bonds is 22. The van der Waals surface area contributed by atoms with E-state index in [1.807, 2.05) is 0 Å². The fourth-order valence-corrected chi connectivity index (χ4v) is 12.1. The van der Waals surface area contributed by atoms with E-state index in [1.165, 1.54) is 38.5 Å². The fourth-order valence-electron chi connectivity index (χ4n) is 4.45. The van der Waals surface area contributed by atoms with Gasteiger partial charge >= 0.3 is 17.4 Å². The quantitative estimate of drug-likeness (QED) is 0.142.